The molecule has 0 aliphatic heterocycles. The van der Waals surface area contributed by atoms with Gasteiger partial charge in [-0.3, -0.25) is 14.9 Å². The summed E-state index contributed by atoms with van der Waals surface area (Å²) in [6.45, 7) is 3.25. The van der Waals surface area contributed by atoms with Crippen molar-refractivity contribution in [1.82, 2.24) is 16.0 Å². The number of rotatable bonds is 9. The Hall–Kier alpha value is -3.10. The summed E-state index contributed by atoms with van der Waals surface area (Å²) in [5, 5.41) is 7.25. The van der Waals surface area contributed by atoms with Gasteiger partial charge in [-0.15, -0.1) is 0 Å². The molecule has 3 N–H and O–H groups in total. The number of carbonyl (C=O) groups is 4. The molecule has 1 heterocycles. The fourth-order valence-electron chi connectivity index (χ4n) is 3.02. The van der Waals surface area contributed by atoms with E-state index in [1.165, 1.54) is 30.7 Å². The van der Waals surface area contributed by atoms with E-state index in [0.29, 0.717) is 6.54 Å². The molecule has 1 aromatic rings. The molecule has 1 atom stereocenters. The lowest BCUT2D eigenvalue weighted by molar-refractivity contribution is -0.151. The van der Waals surface area contributed by atoms with Crippen molar-refractivity contribution >= 4 is 23.8 Å². The van der Waals surface area contributed by atoms with Crippen LogP contribution >= 0.6 is 0 Å². The Labute approximate surface area is 175 Å². The molecular formula is C21H29N3O6. The lowest BCUT2D eigenvalue weighted by Gasteiger charge is -2.20. The number of imide groups is 1. The SMILES string of the molecule is CC(C)[C@@H](NC(=O)c1ccco1)C(=O)OCC(=O)NC(=O)NCCC1=CCCCC1. The van der Waals surface area contributed by atoms with Crippen molar-refractivity contribution in [3.8, 4) is 0 Å². The Bertz CT molecular complexity index is 770. The van der Waals surface area contributed by atoms with Crippen LogP contribution < -0.4 is 16.0 Å². The summed E-state index contributed by atoms with van der Waals surface area (Å²) in [4.78, 5) is 48.0. The standard InChI is InChI=1S/C21H29N3O6/c1-14(2)18(24-19(26)16-9-6-12-29-16)20(27)30-13-17(25)23-21(28)22-11-10-15-7-4-3-5-8-15/h6-7,9,12,14,18H,3-5,8,10-11,13H2,1-2H3,(H,24,26)(H2,22,23,25,28)/t18-/m1/s1. The van der Waals surface area contributed by atoms with Gasteiger partial charge in [-0.2, -0.15) is 0 Å². The number of carbonyl (C=O) groups excluding carboxylic acids is 4. The van der Waals surface area contributed by atoms with Crippen LogP contribution in [0.3, 0.4) is 0 Å². The van der Waals surface area contributed by atoms with Crippen LogP contribution in [0.4, 0.5) is 4.79 Å². The minimum atomic E-state index is -0.965. The molecule has 0 unspecified atom stereocenters. The zero-order chi connectivity index (χ0) is 21.9. The van der Waals surface area contributed by atoms with E-state index in [0.717, 1.165) is 19.3 Å². The minimum Gasteiger partial charge on any atom is -0.459 e. The van der Waals surface area contributed by atoms with Crippen molar-refractivity contribution in [3.05, 3.63) is 35.8 Å². The summed E-state index contributed by atoms with van der Waals surface area (Å²) in [6, 6.07) is 1.42. The van der Waals surface area contributed by atoms with E-state index in [4.69, 9.17) is 9.15 Å². The van der Waals surface area contributed by atoms with Crippen LogP contribution in [0.25, 0.3) is 0 Å². The number of hydrogen-bond acceptors (Lipinski definition) is 6. The third kappa shape index (κ3) is 7.73. The normalized spacial score (nSPS) is 14.4. The average molecular weight is 419 g/mol. The second-order valence-corrected chi connectivity index (χ2v) is 7.44. The third-order valence-corrected chi connectivity index (χ3v) is 4.67. The van der Waals surface area contributed by atoms with Gasteiger partial charge in [0.15, 0.2) is 12.4 Å². The average Bonchev–Trinajstić information content (AvgIpc) is 3.25. The predicted molar refractivity (Wildman–Crippen MR) is 108 cm³/mol. The maximum Gasteiger partial charge on any atom is 0.329 e. The fraction of sp³-hybridized carbons (Fsp3) is 0.524. The van der Waals surface area contributed by atoms with Crippen molar-refractivity contribution in [2.45, 2.75) is 52.0 Å². The van der Waals surface area contributed by atoms with Crippen LogP contribution in [-0.4, -0.2) is 43.0 Å². The zero-order valence-electron chi connectivity index (χ0n) is 17.4. The highest BCUT2D eigenvalue weighted by molar-refractivity contribution is 5.97. The fourth-order valence-corrected chi connectivity index (χ4v) is 3.02. The monoisotopic (exact) mass is 419 g/mol. The molecule has 0 radical (unpaired) electrons. The van der Waals surface area contributed by atoms with Crippen molar-refractivity contribution in [2.75, 3.05) is 13.2 Å². The molecule has 0 aromatic carbocycles. The molecule has 0 fully saturated rings. The Morgan fingerprint density at radius 2 is 2.00 bits per heavy atom. The van der Waals surface area contributed by atoms with Gasteiger partial charge < -0.3 is 19.8 Å². The summed E-state index contributed by atoms with van der Waals surface area (Å²) in [5.41, 5.74) is 1.32. The second kappa shape index (κ2) is 11.8. The van der Waals surface area contributed by atoms with Crippen molar-refractivity contribution in [1.29, 1.82) is 0 Å². The first-order chi connectivity index (χ1) is 14.4. The first-order valence-corrected chi connectivity index (χ1v) is 10.1. The number of ether oxygens (including phenoxy) is 1. The quantitative estimate of drug-likeness (QED) is 0.416. The number of hydrogen-bond donors (Lipinski definition) is 3. The molecular weight excluding hydrogens is 390 g/mol. The van der Waals surface area contributed by atoms with Crippen molar-refractivity contribution < 1.29 is 28.3 Å². The number of urea groups is 1. The molecule has 164 valence electrons. The number of esters is 1. The van der Waals surface area contributed by atoms with E-state index in [9.17, 15) is 19.2 Å². The second-order valence-electron chi connectivity index (χ2n) is 7.44. The molecule has 0 bridgehead atoms. The van der Waals surface area contributed by atoms with Gasteiger partial charge in [0.1, 0.15) is 6.04 Å². The van der Waals surface area contributed by atoms with E-state index in [1.54, 1.807) is 19.9 Å². The molecule has 0 spiro atoms. The smallest absolute Gasteiger partial charge is 0.329 e. The molecule has 2 rings (SSSR count). The molecule has 4 amide bonds. The van der Waals surface area contributed by atoms with Crippen molar-refractivity contribution in [2.24, 2.45) is 5.92 Å². The molecule has 9 nitrogen and oxygen atoms in total. The van der Waals surface area contributed by atoms with E-state index < -0.39 is 36.5 Å². The van der Waals surface area contributed by atoms with Gasteiger partial charge >= 0.3 is 12.0 Å². The summed E-state index contributed by atoms with van der Waals surface area (Å²) in [5.74, 6) is -2.31. The maximum atomic E-state index is 12.3. The molecule has 1 aliphatic rings. The number of amides is 4. The van der Waals surface area contributed by atoms with Crippen LogP contribution in [0.5, 0.6) is 0 Å². The highest BCUT2D eigenvalue weighted by atomic mass is 16.5. The molecule has 1 aromatic heterocycles. The van der Waals surface area contributed by atoms with E-state index >= 15 is 0 Å². The Morgan fingerprint density at radius 3 is 2.63 bits per heavy atom. The summed E-state index contributed by atoms with van der Waals surface area (Å²) < 4.78 is 9.95. The lowest BCUT2D eigenvalue weighted by Crippen LogP contribution is -2.47. The topological polar surface area (TPSA) is 127 Å². The van der Waals surface area contributed by atoms with Gasteiger partial charge in [0.05, 0.1) is 6.26 Å². The Kier molecular flexibility index (Phi) is 9.11. The number of allylic oxidation sites excluding steroid dienone is 1. The van der Waals surface area contributed by atoms with Gasteiger partial charge in [-0.1, -0.05) is 25.5 Å². The predicted octanol–water partition coefficient (Wildman–Crippen LogP) is 2.29. The zero-order valence-corrected chi connectivity index (χ0v) is 17.4. The molecule has 30 heavy (non-hydrogen) atoms. The van der Waals surface area contributed by atoms with Gasteiger partial charge in [0.25, 0.3) is 11.8 Å². The van der Waals surface area contributed by atoms with Crippen molar-refractivity contribution in [3.63, 3.8) is 0 Å². The number of nitrogens with one attached hydrogen (secondary N) is 3. The molecule has 0 saturated heterocycles. The summed E-state index contributed by atoms with van der Waals surface area (Å²) in [6.07, 6.45) is 8.79. The first kappa shape index (κ1) is 23.2. The van der Waals surface area contributed by atoms with Crippen LogP contribution in [0.2, 0.25) is 0 Å². The molecule has 1 aliphatic carbocycles. The van der Waals surface area contributed by atoms with E-state index in [-0.39, 0.29) is 11.7 Å². The van der Waals surface area contributed by atoms with Crippen LogP contribution in [-0.2, 0) is 14.3 Å². The summed E-state index contributed by atoms with van der Waals surface area (Å²) in [7, 11) is 0. The summed E-state index contributed by atoms with van der Waals surface area (Å²) >= 11 is 0. The van der Waals surface area contributed by atoms with E-state index in [2.05, 4.69) is 22.0 Å². The highest BCUT2D eigenvalue weighted by Gasteiger charge is 2.27. The molecule has 9 heteroatoms. The van der Waals surface area contributed by atoms with Crippen LogP contribution in [0.15, 0.2) is 34.5 Å². The van der Waals surface area contributed by atoms with Gasteiger partial charge in [0.2, 0.25) is 0 Å². The highest BCUT2D eigenvalue weighted by Crippen LogP contribution is 2.19. The van der Waals surface area contributed by atoms with Crippen LogP contribution in [0, 0.1) is 5.92 Å². The Balaban J connectivity index is 1.70. The van der Waals surface area contributed by atoms with Gasteiger partial charge in [-0.25, -0.2) is 9.59 Å². The van der Waals surface area contributed by atoms with Crippen LogP contribution in [0.1, 0.15) is 56.5 Å². The lowest BCUT2D eigenvalue weighted by atomic mass is 9.97. The van der Waals surface area contributed by atoms with Gasteiger partial charge in [0, 0.05) is 6.54 Å². The maximum absolute atomic E-state index is 12.3. The largest absolute Gasteiger partial charge is 0.459 e. The number of furan rings is 1. The van der Waals surface area contributed by atoms with E-state index in [1.807, 2.05) is 0 Å². The van der Waals surface area contributed by atoms with Gasteiger partial charge in [-0.05, 0) is 50.2 Å². The minimum absolute atomic E-state index is 0.0619. The molecule has 0 saturated carbocycles. The Morgan fingerprint density at radius 1 is 1.20 bits per heavy atom. The third-order valence-electron chi connectivity index (χ3n) is 4.67. The first-order valence-electron chi connectivity index (χ1n) is 10.1.